The fourth-order valence-corrected chi connectivity index (χ4v) is 2.48. The van der Waals surface area contributed by atoms with E-state index in [2.05, 4.69) is 0 Å². The molecule has 0 amide bonds. The van der Waals surface area contributed by atoms with Crippen molar-refractivity contribution < 1.29 is 17.5 Å². The first-order valence-corrected chi connectivity index (χ1v) is 7.56. The van der Waals surface area contributed by atoms with Gasteiger partial charge in [-0.05, 0) is 37.4 Å². The van der Waals surface area contributed by atoms with E-state index in [1.807, 2.05) is 0 Å². The molecule has 0 bridgehead atoms. The van der Waals surface area contributed by atoms with Crippen LogP contribution in [-0.2, 0) is 16.3 Å². The Morgan fingerprint density at radius 3 is 2.50 bits per heavy atom. The second-order valence-electron chi connectivity index (χ2n) is 4.09. The van der Waals surface area contributed by atoms with E-state index >= 15 is 0 Å². The third-order valence-electron chi connectivity index (χ3n) is 2.65. The normalized spacial score (nSPS) is 11.6. The van der Waals surface area contributed by atoms with Crippen LogP contribution in [0, 0.1) is 5.82 Å². The Morgan fingerprint density at radius 2 is 2.00 bits per heavy atom. The number of ether oxygens (including phenoxy) is 1. The number of hydrogen-bond acceptors (Lipinski definition) is 4. The molecule has 0 saturated carbocycles. The molecular weight excluding hydrogens is 257 g/mol. The number of benzene rings is 1. The number of halogens is 1. The zero-order valence-electron chi connectivity index (χ0n) is 10.6. The first-order chi connectivity index (χ1) is 8.41. The van der Waals surface area contributed by atoms with Gasteiger partial charge in [-0.1, -0.05) is 6.07 Å². The highest BCUT2D eigenvalue weighted by molar-refractivity contribution is 7.90. The maximum absolute atomic E-state index is 14.0. The Morgan fingerprint density at radius 1 is 1.33 bits per heavy atom. The molecule has 0 saturated heterocycles. The lowest BCUT2D eigenvalue weighted by molar-refractivity contribution is 0.375. The van der Waals surface area contributed by atoms with Crippen molar-refractivity contribution in [3.05, 3.63) is 23.5 Å². The van der Waals surface area contributed by atoms with E-state index in [0.717, 1.165) is 19.1 Å². The maximum atomic E-state index is 14.0. The van der Waals surface area contributed by atoms with Gasteiger partial charge in [0.1, 0.15) is 4.90 Å². The van der Waals surface area contributed by atoms with Crippen molar-refractivity contribution in [3.63, 3.8) is 0 Å². The van der Waals surface area contributed by atoms with Crippen LogP contribution in [0.25, 0.3) is 0 Å². The van der Waals surface area contributed by atoms with Crippen LogP contribution in [-0.4, -0.2) is 28.3 Å². The number of unbranched alkanes of at least 4 members (excludes halogenated alkanes) is 1. The fourth-order valence-electron chi connectivity index (χ4n) is 1.74. The molecule has 6 heteroatoms. The zero-order chi connectivity index (χ0) is 13.8. The SMILES string of the molecule is COc1c(CCCCN)ccc(S(C)(=O)=O)c1F. The fraction of sp³-hybridized carbons (Fsp3) is 0.500. The molecule has 0 radical (unpaired) electrons. The Labute approximate surface area is 107 Å². The summed E-state index contributed by atoms with van der Waals surface area (Å²) in [5, 5.41) is 0. The molecule has 0 unspecified atom stereocenters. The summed E-state index contributed by atoms with van der Waals surface area (Å²) in [6.45, 7) is 0.576. The molecule has 0 aliphatic carbocycles. The molecule has 2 N–H and O–H groups in total. The highest BCUT2D eigenvalue weighted by Crippen LogP contribution is 2.29. The third kappa shape index (κ3) is 3.43. The van der Waals surface area contributed by atoms with Crippen molar-refractivity contribution in [2.45, 2.75) is 24.2 Å². The molecule has 0 heterocycles. The van der Waals surface area contributed by atoms with Gasteiger partial charge >= 0.3 is 0 Å². The largest absolute Gasteiger partial charge is 0.493 e. The molecule has 0 aliphatic heterocycles. The molecule has 1 aromatic carbocycles. The molecule has 0 fully saturated rings. The first kappa shape index (κ1) is 14.9. The predicted octanol–water partition coefficient (Wildman–Crippen LogP) is 1.52. The van der Waals surface area contributed by atoms with Gasteiger partial charge in [0.2, 0.25) is 0 Å². The van der Waals surface area contributed by atoms with E-state index in [0.29, 0.717) is 18.5 Å². The molecular formula is C12H18FNO3S. The average molecular weight is 275 g/mol. The van der Waals surface area contributed by atoms with E-state index < -0.39 is 15.7 Å². The van der Waals surface area contributed by atoms with Crippen molar-refractivity contribution in [2.75, 3.05) is 19.9 Å². The van der Waals surface area contributed by atoms with Crippen LogP contribution in [0.15, 0.2) is 17.0 Å². The highest BCUT2D eigenvalue weighted by atomic mass is 32.2. The minimum atomic E-state index is -3.58. The van der Waals surface area contributed by atoms with Crippen LogP contribution in [0.5, 0.6) is 5.75 Å². The Bertz CT molecular complexity index is 514. The minimum Gasteiger partial charge on any atom is -0.493 e. The van der Waals surface area contributed by atoms with E-state index in [-0.39, 0.29) is 10.6 Å². The van der Waals surface area contributed by atoms with Crippen LogP contribution >= 0.6 is 0 Å². The van der Waals surface area contributed by atoms with Crippen LogP contribution < -0.4 is 10.5 Å². The summed E-state index contributed by atoms with van der Waals surface area (Å²) in [4.78, 5) is -0.332. The lowest BCUT2D eigenvalue weighted by atomic mass is 10.1. The van der Waals surface area contributed by atoms with Crippen molar-refractivity contribution in [1.29, 1.82) is 0 Å². The molecule has 4 nitrogen and oxygen atoms in total. The van der Waals surface area contributed by atoms with Crippen LogP contribution in [0.3, 0.4) is 0 Å². The van der Waals surface area contributed by atoms with Crippen molar-refractivity contribution in [1.82, 2.24) is 0 Å². The highest BCUT2D eigenvalue weighted by Gasteiger charge is 2.20. The molecule has 102 valence electrons. The van der Waals surface area contributed by atoms with E-state index in [1.54, 1.807) is 6.07 Å². The third-order valence-corrected chi connectivity index (χ3v) is 3.76. The average Bonchev–Trinajstić information content (AvgIpc) is 2.28. The quantitative estimate of drug-likeness (QED) is 0.799. The van der Waals surface area contributed by atoms with Gasteiger partial charge in [-0.2, -0.15) is 0 Å². The summed E-state index contributed by atoms with van der Waals surface area (Å²) in [5.74, 6) is -0.805. The summed E-state index contributed by atoms with van der Waals surface area (Å²) in [6, 6.07) is 2.87. The second kappa shape index (κ2) is 6.15. The van der Waals surface area contributed by atoms with Gasteiger partial charge in [-0.15, -0.1) is 0 Å². The van der Waals surface area contributed by atoms with Gasteiger partial charge < -0.3 is 10.5 Å². The summed E-state index contributed by atoms with van der Waals surface area (Å²) in [7, 11) is -2.25. The van der Waals surface area contributed by atoms with Crippen molar-refractivity contribution in [3.8, 4) is 5.75 Å². The van der Waals surface area contributed by atoms with Crippen LogP contribution in [0.2, 0.25) is 0 Å². The number of aryl methyl sites for hydroxylation is 1. The predicted molar refractivity (Wildman–Crippen MR) is 68.1 cm³/mol. The van der Waals surface area contributed by atoms with Gasteiger partial charge in [-0.3, -0.25) is 0 Å². The summed E-state index contributed by atoms with van der Waals surface area (Å²) < 4.78 is 41.7. The lowest BCUT2D eigenvalue weighted by Gasteiger charge is -2.11. The Balaban J connectivity index is 3.13. The molecule has 18 heavy (non-hydrogen) atoms. The summed E-state index contributed by atoms with van der Waals surface area (Å²) >= 11 is 0. The van der Waals surface area contributed by atoms with Crippen molar-refractivity contribution >= 4 is 9.84 Å². The van der Waals surface area contributed by atoms with Gasteiger partial charge in [0.25, 0.3) is 0 Å². The molecule has 0 aliphatic rings. The number of rotatable bonds is 6. The second-order valence-corrected chi connectivity index (χ2v) is 6.07. The van der Waals surface area contributed by atoms with E-state index in [1.165, 1.54) is 13.2 Å². The Hall–Kier alpha value is -1.14. The summed E-state index contributed by atoms with van der Waals surface area (Å²) in [5.41, 5.74) is 6.05. The van der Waals surface area contributed by atoms with E-state index in [9.17, 15) is 12.8 Å². The van der Waals surface area contributed by atoms with Gasteiger partial charge in [-0.25, -0.2) is 12.8 Å². The maximum Gasteiger partial charge on any atom is 0.183 e. The smallest absolute Gasteiger partial charge is 0.183 e. The molecule has 1 rings (SSSR count). The van der Waals surface area contributed by atoms with Crippen molar-refractivity contribution in [2.24, 2.45) is 5.73 Å². The minimum absolute atomic E-state index is 0.00921. The summed E-state index contributed by atoms with van der Waals surface area (Å²) in [6.07, 6.45) is 3.23. The number of hydrogen-bond donors (Lipinski definition) is 1. The van der Waals surface area contributed by atoms with Gasteiger partial charge in [0, 0.05) is 6.26 Å². The van der Waals surface area contributed by atoms with Crippen LogP contribution in [0.4, 0.5) is 4.39 Å². The Kier molecular flexibility index (Phi) is 5.10. The molecule has 1 aromatic rings. The van der Waals surface area contributed by atoms with Crippen LogP contribution in [0.1, 0.15) is 18.4 Å². The monoisotopic (exact) mass is 275 g/mol. The standard InChI is InChI=1S/C12H18FNO3S/c1-17-12-9(5-3-4-8-14)6-7-10(11(12)13)18(2,15)16/h6-7H,3-5,8,14H2,1-2H3. The number of nitrogens with two attached hydrogens (primary N) is 1. The number of sulfone groups is 1. The molecule has 0 spiro atoms. The van der Waals surface area contributed by atoms with Gasteiger partial charge in [0.15, 0.2) is 21.4 Å². The zero-order valence-corrected chi connectivity index (χ0v) is 11.4. The first-order valence-electron chi connectivity index (χ1n) is 5.67. The number of methoxy groups -OCH3 is 1. The molecule has 0 aromatic heterocycles. The molecule has 0 atom stereocenters. The van der Waals surface area contributed by atoms with E-state index in [4.69, 9.17) is 10.5 Å². The topological polar surface area (TPSA) is 69.4 Å². The van der Waals surface area contributed by atoms with Gasteiger partial charge in [0.05, 0.1) is 7.11 Å². The lowest BCUT2D eigenvalue weighted by Crippen LogP contribution is -2.05.